The number of rotatable bonds is 1. The molecule has 0 radical (unpaired) electrons. The second-order valence-electron chi connectivity index (χ2n) is 3.34. The van der Waals surface area contributed by atoms with Crippen LogP contribution in [0.3, 0.4) is 0 Å². The van der Waals surface area contributed by atoms with Gasteiger partial charge in [-0.25, -0.2) is 0 Å². The van der Waals surface area contributed by atoms with E-state index in [9.17, 15) is 4.79 Å². The lowest BCUT2D eigenvalue weighted by molar-refractivity contribution is -0.151. The van der Waals surface area contributed by atoms with Gasteiger partial charge in [0.15, 0.2) is 0 Å². The second-order valence-corrected chi connectivity index (χ2v) is 3.34. The van der Waals surface area contributed by atoms with Gasteiger partial charge >= 0.3 is 5.97 Å². The standard InChI is InChI=1S/C8H14N2O2/c11-8-6-10(3-4-12-8)7-1-2-9-5-7/h7,9H,1-6H2. The third kappa shape index (κ3) is 1.59. The summed E-state index contributed by atoms with van der Waals surface area (Å²) in [4.78, 5) is 13.2. The van der Waals surface area contributed by atoms with Crippen LogP contribution in [0.15, 0.2) is 0 Å². The molecule has 0 amide bonds. The molecule has 1 N–H and O–H groups in total. The molecule has 4 nitrogen and oxygen atoms in total. The maximum Gasteiger partial charge on any atom is 0.320 e. The number of esters is 1. The van der Waals surface area contributed by atoms with Crippen molar-refractivity contribution in [3.05, 3.63) is 0 Å². The van der Waals surface area contributed by atoms with Crippen molar-refractivity contribution in [3.8, 4) is 0 Å². The highest BCUT2D eigenvalue weighted by Gasteiger charge is 2.27. The Bertz CT molecular complexity index is 178. The van der Waals surface area contributed by atoms with Crippen molar-refractivity contribution in [2.24, 2.45) is 0 Å². The number of hydrogen-bond acceptors (Lipinski definition) is 4. The SMILES string of the molecule is O=C1CN(C2CCNC2)CCO1. The first-order valence-electron chi connectivity index (χ1n) is 4.46. The molecule has 2 fully saturated rings. The first-order valence-corrected chi connectivity index (χ1v) is 4.46. The van der Waals surface area contributed by atoms with Crippen LogP contribution in [0.25, 0.3) is 0 Å². The van der Waals surface area contributed by atoms with E-state index in [1.165, 1.54) is 0 Å². The van der Waals surface area contributed by atoms with Gasteiger partial charge in [0, 0.05) is 19.1 Å². The molecule has 1 atom stereocenters. The van der Waals surface area contributed by atoms with Gasteiger partial charge in [0.2, 0.25) is 0 Å². The van der Waals surface area contributed by atoms with Gasteiger partial charge < -0.3 is 10.1 Å². The van der Waals surface area contributed by atoms with Crippen LogP contribution in [0.2, 0.25) is 0 Å². The van der Waals surface area contributed by atoms with E-state index in [4.69, 9.17) is 4.74 Å². The molecule has 2 rings (SSSR count). The van der Waals surface area contributed by atoms with Gasteiger partial charge in [-0.15, -0.1) is 0 Å². The predicted molar refractivity (Wildman–Crippen MR) is 43.8 cm³/mol. The first kappa shape index (κ1) is 8.01. The fraction of sp³-hybridized carbons (Fsp3) is 0.875. The van der Waals surface area contributed by atoms with Crippen molar-refractivity contribution in [1.82, 2.24) is 10.2 Å². The van der Waals surface area contributed by atoms with E-state index in [0.29, 0.717) is 19.2 Å². The molecule has 2 heterocycles. The smallest absolute Gasteiger partial charge is 0.320 e. The van der Waals surface area contributed by atoms with Crippen molar-refractivity contribution in [1.29, 1.82) is 0 Å². The lowest BCUT2D eigenvalue weighted by atomic mass is 10.2. The van der Waals surface area contributed by atoms with Gasteiger partial charge in [0.25, 0.3) is 0 Å². The zero-order chi connectivity index (χ0) is 8.39. The van der Waals surface area contributed by atoms with Crippen LogP contribution in [0.1, 0.15) is 6.42 Å². The van der Waals surface area contributed by atoms with E-state index >= 15 is 0 Å². The van der Waals surface area contributed by atoms with Gasteiger partial charge in [0.1, 0.15) is 6.61 Å². The van der Waals surface area contributed by atoms with Crippen LogP contribution in [-0.2, 0) is 9.53 Å². The number of cyclic esters (lactones) is 1. The number of carbonyl (C=O) groups excluding carboxylic acids is 1. The predicted octanol–water partition coefficient (Wildman–Crippen LogP) is -0.793. The summed E-state index contributed by atoms with van der Waals surface area (Å²) in [5, 5.41) is 3.29. The molecule has 2 aliphatic heterocycles. The first-order chi connectivity index (χ1) is 5.86. The van der Waals surface area contributed by atoms with Crippen LogP contribution >= 0.6 is 0 Å². The van der Waals surface area contributed by atoms with Crippen LogP contribution in [-0.4, -0.2) is 49.7 Å². The highest BCUT2D eigenvalue weighted by Crippen LogP contribution is 2.10. The third-order valence-electron chi connectivity index (χ3n) is 2.52. The number of hydrogen-bond donors (Lipinski definition) is 1. The van der Waals surface area contributed by atoms with Crippen molar-refractivity contribution < 1.29 is 9.53 Å². The molecule has 68 valence electrons. The van der Waals surface area contributed by atoms with Gasteiger partial charge in [-0.2, -0.15) is 0 Å². The van der Waals surface area contributed by atoms with Crippen molar-refractivity contribution in [2.45, 2.75) is 12.5 Å². The topological polar surface area (TPSA) is 41.6 Å². The van der Waals surface area contributed by atoms with Gasteiger partial charge in [-0.1, -0.05) is 0 Å². The summed E-state index contributed by atoms with van der Waals surface area (Å²) in [6, 6.07) is 0.554. The zero-order valence-corrected chi connectivity index (χ0v) is 7.08. The number of carbonyl (C=O) groups is 1. The Balaban J connectivity index is 1.89. The lowest BCUT2D eigenvalue weighted by Gasteiger charge is -2.30. The Hall–Kier alpha value is -0.610. The Morgan fingerprint density at radius 3 is 3.17 bits per heavy atom. The van der Waals surface area contributed by atoms with Crippen LogP contribution < -0.4 is 5.32 Å². The highest BCUT2D eigenvalue weighted by atomic mass is 16.5. The summed E-state index contributed by atoms with van der Waals surface area (Å²) in [5.41, 5.74) is 0. The summed E-state index contributed by atoms with van der Waals surface area (Å²) < 4.78 is 4.87. The molecular formula is C8H14N2O2. The molecule has 4 heteroatoms. The fourth-order valence-corrected chi connectivity index (χ4v) is 1.83. The van der Waals surface area contributed by atoms with E-state index in [-0.39, 0.29) is 5.97 Å². The second kappa shape index (κ2) is 3.41. The average molecular weight is 170 g/mol. The lowest BCUT2D eigenvalue weighted by Crippen LogP contribution is -2.46. The average Bonchev–Trinajstić information content (AvgIpc) is 2.56. The van der Waals surface area contributed by atoms with Gasteiger partial charge in [0.05, 0.1) is 6.54 Å². The Morgan fingerprint density at radius 1 is 1.58 bits per heavy atom. The van der Waals surface area contributed by atoms with Crippen LogP contribution in [0.5, 0.6) is 0 Å². The monoisotopic (exact) mass is 170 g/mol. The Labute approximate surface area is 71.9 Å². The maximum absolute atomic E-state index is 10.9. The molecule has 2 saturated heterocycles. The molecule has 12 heavy (non-hydrogen) atoms. The van der Waals surface area contributed by atoms with E-state index < -0.39 is 0 Å². The summed E-state index contributed by atoms with van der Waals surface area (Å²) in [6.07, 6.45) is 1.16. The molecule has 0 aromatic heterocycles. The molecule has 0 aromatic rings. The van der Waals surface area contributed by atoms with Crippen molar-refractivity contribution in [3.63, 3.8) is 0 Å². The molecule has 0 spiro atoms. The van der Waals surface area contributed by atoms with E-state index in [2.05, 4.69) is 10.2 Å². The molecular weight excluding hydrogens is 156 g/mol. The van der Waals surface area contributed by atoms with E-state index in [1.807, 2.05) is 0 Å². The maximum atomic E-state index is 10.9. The normalized spacial score (nSPS) is 32.0. The summed E-state index contributed by atoms with van der Waals surface area (Å²) in [7, 11) is 0. The molecule has 0 aliphatic carbocycles. The molecule has 1 unspecified atom stereocenters. The Kier molecular flexibility index (Phi) is 2.28. The molecule has 0 saturated carbocycles. The molecule has 2 aliphatic rings. The van der Waals surface area contributed by atoms with E-state index in [0.717, 1.165) is 26.1 Å². The number of nitrogens with zero attached hydrogens (tertiary/aromatic N) is 1. The van der Waals surface area contributed by atoms with Crippen molar-refractivity contribution in [2.75, 3.05) is 32.8 Å². The number of morpholine rings is 1. The number of nitrogens with one attached hydrogen (secondary N) is 1. The summed E-state index contributed by atoms with van der Waals surface area (Å²) in [5.74, 6) is -0.0758. The van der Waals surface area contributed by atoms with Crippen molar-refractivity contribution >= 4 is 5.97 Å². The zero-order valence-electron chi connectivity index (χ0n) is 7.08. The molecule has 0 aromatic carbocycles. The van der Waals surface area contributed by atoms with Crippen LogP contribution in [0.4, 0.5) is 0 Å². The fourth-order valence-electron chi connectivity index (χ4n) is 1.83. The summed E-state index contributed by atoms with van der Waals surface area (Å²) >= 11 is 0. The summed E-state index contributed by atoms with van der Waals surface area (Å²) in [6.45, 7) is 4.04. The van der Waals surface area contributed by atoms with Crippen LogP contribution in [0, 0.1) is 0 Å². The minimum atomic E-state index is -0.0758. The quantitative estimate of drug-likeness (QED) is 0.523. The van der Waals surface area contributed by atoms with Gasteiger partial charge in [-0.05, 0) is 13.0 Å². The highest BCUT2D eigenvalue weighted by molar-refractivity contribution is 5.72. The third-order valence-corrected chi connectivity index (χ3v) is 2.52. The van der Waals surface area contributed by atoms with E-state index in [1.54, 1.807) is 0 Å². The minimum Gasteiger partial charge on any atom is -0.463 e. The molecule has 0 bridgehead atoms. The minimum absolute atomic E-state index is 0.0758. The largest absolute Gasteiger partial charge is 0.463 e. The van der Waals surface area contributed by atoms with Gasteiger partial charge in [-0.3, -0.25) is 9.69 Å². The number of ether oxygens (including phenoxy) is 1. The Morgan fingerprint density at radius 2 is 2.50 bits per heavy atom.